The highest BCUT2D eigenvalue weighted by Gasteiger charge is 2.09. The van der Waals surface area contributed by atoms with Gasteiger partial charge >= 0.3 is 0 Å². The van der Waals surface area contributed by atoms with E-state index in [2.05, 4.69) is 50.0 Å². The Morgan fingerprint density at radius 2 is 1.29 bits per heavy atom. The molecule has 0 aliphatic rings. The molecule has 2 aromatic carbocycles. The van der Waals surface area contributed by atoms with Crippen molar-refractivity contribution < 1.29 is 14.3 Å². The van der Waals surface area contributed by atoms with Crippen LogP contribution in [0.25, 0.3) is 5.70 Å². The van der Waals surface area contributed by atoms with Gasteiger partial charge in [-0.3, -0.25) is 14.6 Å². The number of aromatic nitrogens is 1. The zero-order valence-corrected chi connectivity index (χ0v) is 31.5. The Morgan fingerprint density at radius 3 is 1.64 bits per heavy atom. The van der Waals surface area contributed by atoms with Crippen LogP contribution in [0.15, 0.2) is 66.9 Å². The minimum atomic E-state index is 0.0754. The molecule has 5 heteroatoms. The minimum absolute atomic E-state index is 0.0754. The van der Waals surface area contributed by atoms with Gasteiger partial charge in [0.2, 0.25) is 0 Å². The number of rotatable bonds is 8. The molecule has 0 saturated carbocycles. The molecule has 252 valence electrons. The van der Waals surface area contributed by atoms with Crippen molar-refractivity contribution in [2.24, 2.45) is 5.92 Å². The summed E-state index contributed by atoms with van der Waals surface area (Å²) in [4.78, 5) is 28.6. The standard InChI is InChI=1S/C17H25NO.C10H12O2.C7H9N.3C2H6/c1-6-14(7-2)12-17(18(4)5)16-10-8-15(9-11-16)13(3)19;1-7-4-5-9(12-3)6-10(7)8(2)11;1-6-3-4-7(2)8-5-6;3*1-2/h8-12,14H,6-7H2,1-5H3;4-6H,1-3H3;3-5H,1-2H3;3*1-2H3/b17-12+;;;;;. The molecule has 1 heterocycles. The number of allylic oxidation sites excluding steroid dienone is 1. The Hall–Kier alpha value is -3.73. The number of hydrogen-bond acceptors (Lipinski definition) is 5. The molecule has 0 spiro atoms. The van der Waals surface area contributed by atoms with E-state index >= 15 is 0 Å². The summed E-state index contributed by atoms with van der Waals surface area (Å²) >= 11 is 0. The Balaban J connectivity index is -0.000000580. The first kappa shape index (κ1) is 45.7. The Labute approximate surface area is 277 Å². The van der Waals surface area contributed by atoms with Crippen molar-refractivity contribution in [3.8, 4) is 5.75 Å². The fourth-order valence-corrected chi connectivity index (χ4v) is 3.78. The Morgan fingerprint density at radius 1 is 0.778 bits per heavy atom. The molecule has 0 saturated heterocycles. The number of ketones is 2. The summed E-state index contributed by atoms with van der Waals surface area (Å²) in [7, 11) is 5.72. The van der Waals surface area contributed by atoms with E-state index in [0.29, 0.717) is 5.92 Å². The predicted octanol–water partition coefficient (Wildman–Crippen LogP) is 11.2. The second-order valence-electron chi connectivity index (χ2n) is 9.87. The van der Waals surface area contributed by atoms with Crippen molar-refractivity contribution in [1.82, 2.24) is 9.88 Å². The van der Waals surface area contributed by atoms with Gasteiger partial charge in [-0.15, -0.1) is 0 Å². The van der Waals surface area contributed by atoms with E-state index in [4.69, 9.17) is 4.74 Å². The maximum absolute atomic E-state index is 11.3. The van der Waals surface area contributed by atoms with E-state index in [1.54, 1.807) is 27.0 Å². The van der Waals surface area contributed by atoms with Crippen LogP contribution in [0.3, 0.4) is 0 Å². The number of nitrogens with zero attached hydrogens (tertiary/aromatic N) is 2. The van der Waals surface area contributed by atoms with Crippen molar-refractivity contribution in [2.45, 2.75) is 103 Å². The van der Waals surface area contributed by atoms with E-state index in [0.717, 1.165) is 41.0 Å². The first-order chi connectivity index (χ1) is 21.4. The molecule has 0 N–H and O–H groups in total. The van der Waals surface area contributed by atoms with E-state index in [9.17, 15) is 9.59 Å². The maximum Gasteiger partial charge on any atom is 0.160 e. The highest BCUT2D eigenvalue weighted by Crippen LogP contribution is 2.22. The molecule has 0 radical (unpaired) electrons. The number of carbonyl (C=O) groups is 2. The third kappa shape index (κ3) is 19.3. The summed E-state index contributed by atoms with van der Waals surface area (Å²) in [6.07, 6.45) is 6.51. The number of aryl methyl sites for hydroxylation is 3. The van der Waals surface area contributed by atoms with Crippen molar-refractivity contribution >= 4 is 17.3 Å². The predicted molar refractivity (Wildman–Crippen MR) is 198 cm³/mol. The van der Waals surface area contributed by atoms with Crippen molar-refractivity contribution in [3.63, 3.8) is 0 Å². The molecule has 0 unspecified atom stereocenters. The van der Waals surface area contributed by atoms with E-state index in [1.807, 2.05) is 111 Å². The van der Waals surface area contributed by atoms with Gasteiger partial charge in [0.15, 0.2) is 11.6 Å². The molecular formula is C40H64N2O3. The first-order valence-electron chi connectivity index (χ1n) is 16.5. The SMILES string of the molecule is CC.CC.CC.CCC(/C=C(\c1ccc(C(C)=O)cc1)N(C)C)CC.COc1ccc(C)c(C(C)=O)c1.Cc1ccc(C)nc1. The van der Waals surface area contributed by atoms with E-state index in [1.165, 1.54) is 16.8 Å². The van der Waals surface area contributed by atoms with Gasteiger partial charge in [-0.1, -0.05) is 97.9 Å². The van der Waals surface area contributed by atoms with Crippen LogP contribution >= 0.6 is 0 Å². The fraction of sp³-hybridized carbons (Fsp3) is 0.475. The van der Waals surface area contributed by atoms with Gasteiger partial charge in [0.1, 0.15) is 5.75 Å². The minimum Gasteiger partial charge on any atom is -0.497 e. The van der Waals surface area contributed by atoms with Gasteiger partial charge in [-0.25, -0.2) is 0 Å². The lowest BCUT2D eigenvalue weighted by Crippen LogP contribution is -2.12. The largest absolute Gasteiger partial charge is 0.497 e. The van der Waals surface area contributed by atoms with Crippen LogP contribution in [0.5, 0.6) is 5.75 Å². The number of benzene rings is 2. The van der Waals surface area contributed by atoms with Crippen LogP contribution in [0, 0.1) is 26.7 Å². The Bertz CT molecular complexity index is 1190. The number of carbonyl (C=O) groups excluding carboxylic acids is 2. The number of Topliss-reactive ketones (excluding diaryl/α,β-unsaturated/α-hetero) is 2. The van der Waals surface area contributed by atoms with Gasteiger partial charge in [-0.2, -0.15) is 0 Å². The fourth-order valence-electron chi connectivity index (χ4n) is 3.78. The zero-order valence-electron chi connectivity index (χ0n) is 31.5. The lowest BCUT2D eigenvalue weighted by atomic mass is 9.98. The maximum atomic E-state index is 11.3. The second kappa shape index (κ2) is 27.8. The normalized spacial score (nSPS) is 9.58. The van der Waals surface area contributed by atoms with E-state index < -0.39 is 0 Å². The van der Waals surface area contributed by atoms with Crippen LogP contribution in [0.1, 0.15) is 125 Å². The molecule has 0 fully saturated rings. The van der Waals surface area contributed by atoms with Gasteiger partial charge < -0.3 is 9.64 Å². The molecule has 45 heavy (non-hydrogen) atoms. The van der Waals surface area contributed by atoms with Crippen LogP contribution < -0.4 is 4.74 Å². The summed E-state index contributed by atoms with van der Waals surface area (Å²) in [5.41, 5.74) is 7.18. The molecule has 1 aromatic heterocycles. The van der Waals surface area contributed by atoms with Gasteiger partial charge in [0.05, 0.1) is 7.11 Å². The molecular weight excluding hydrogens is 556 g/mol. The quantitative estimate of drug-likeness (QED) is 0.234. The summed E-state index contributed by atoms with van der Waals surface area (Å²) in [5, 5.41) is 0. The summed E-state index contributed by atoms with van der Waals surface area (Å²) < 4.78 is 5.01. The third-order valence-corrected chi connectivity index (χ3v) is 6.39. The lowest BCUT2D eigenvalue weighted by molar-refractivity contribution is 0.100. The highest BCUT2D eigenvalue weighted by atomic mass is 16.5. The van der Waals surface area contributed by atoms with Crippen molar-refractivity contribution in [2.75, 3.05) is 21.2 Å². The number of pyridine rings is 1. The van der Waals surface area contributed by atoms with Crippen molar-refractivity contribution in [1.29, 1.82) is 0 Å². The highest BCUT2D eigenvalue weighted by molar-refractivity contribution is 5.96. The Kier molecular flexibility index (Phi) is 28.2. The molecule has 0 atom stereocenters. The van der Waals surface area contributed by atoms with Crippen LogP contribution in [0.4, 0.5) is 0 Å². The topological polar surface area (TPSA) is 59.5 Å². The first-order valence-corrected chi connectivity index (χ1v) is 16.5. The number of ether oxygens (including phenoxy) is 1. The molecule has 0 bridgehead atoms. The van der Waals surface area contributed by atoms with Crippen LogP contribution in [-0.2, 0) is 0 Å². The molecule has 3 aromatic rings. The molecule has 5 nitrogen and oxygen atoms in total. The second-order valence-corrected chi connectivity index (χ2v) is 9.87. The number of hydrogen-bond donors (Lipinski definition) is 0. The summed E-state index contributed by atoms with van der Waals surface area (Å²) in [5.74, 6) is 1.52. The third-order valence-electron chi connectivity index (χ3n) is 6.39. The molecule has 0 aliphatic carbocycles. The molecule has 0 aliphatic heterocycles. The van der Waals surface area contributed by atoms with Crippen LogP contribution in [-0.4, -0.2) is 42.7 Å². The summed E-state index contributed by atoms with van der Waals surface area (Å²) in [6.45, 7) is 25.5. The molecule has 0 amide bonds. The monoisotopic (exact) mass is 620 g/mol. The van der Waals surface area contributed by atoms with Gasteiger partial charge in [-0.05, 0) is 88.3 Å². The average Bonchev–Trinajstić information content (AvgIpc) is 3.06. The lowest BCUT2D eigenvalue weighted by Gasteiger charge is -2.20. The number of methoxy groups -OCH3 is 1. The van der Waals surface area contributed by atoms with Gasteiger partial charge in [0.25, 0.3) is 0 Å². The summed E-state index contributed by atoms with van der Waals surface area (Å²) in [6, 6.07) is 17.4. The smallest absolute Gasteiger partial charge is 0.160 e. The average molecular weight is 621 g/mol. The molecule has 3 rings (SSSR count). The van der Waals surface area contributed by atoms with Gasteiger partial charge in [0, 0.05) is 42.8 Å². The van der Waals surface area contributed by atoms with E-state index in [-0.39, 0.29) is 11.6 Å². The van der Waals surface area contributed by atoms with Crippen molar-refractivity contribution in [3.05, 3.63) is 100 Å². The zero-order chi connectivity index (χ0) is 35.5. The van der Waals surface area contributed by atoms with Crippen LogP contribution in [0.2, 0.25) is 0 Å².